The zero-order valence-corrected chi connectivity index (χ0v) is 9.69. The molecule has 2 nitrogen and oxygen atoms in total. The Morgan fingerprint density at radius 2 is 1.69 bits per heavy atom. The molecule has 0 saturated heterocycles. The minimum absolute atomic E-state index is 0.0503. The highest BCUT2D eigenvalue weighted by molar-refractivity contribution is 5.89. The fourth-order valence-corrected chi connectivity index (χ4v) is 5.46. The summed E-state index contributed by atoms with van der Waals surface area (Å²) in [6.07, 6.45) is 7.84. The summed E-state index contributed by atoms with van der Waals surface area (Å²) < 4.78 is 4.95. The van der Waals surface area contributed by atoms with Crippen LogP contribution in [-0.2, 0) is 9.53 Å². The summed E-state index contributed by atoms with van der Waals surface area (Å²) in [5.74, 6) is 4.67. The molecule has 0 aromatic heterocycles. The number of allylic oxidation sites excluding steroid dienone is 1. The highest BCUT2D eigenvalue weighted by Gasteiger charge is 2.60. The standard InChI is InChI=1S/C14H18O2/c1-16-14(15)12-6-11-7-2-3-8(11)10-5-4-9(7)13(10)12/h6-11,13H,2-5H2,1H3. The average molecular weight is 218 g/mol. The van der Waals surface area contributed by atoms with Crippen molar-refractivity contribution >= 4 is 5.97 Å². The van der Waals surface area contributed by atoms with Crippen molar-refractivity contribution in [2.24, 2.45) is 35.5 Å². The molecule has 4 atom stereocenters. The van der Waals surface area contributed by atoms with Crippen molar-refractivity contribution in [3.8, 4) is 0 Å². The second-order valence-electron chi connectivity index (χ2n) is 6.03. The predicted molar refractivity (Wildman–Crippen MR) is 59.5 cm³/mol. The van der Waals surface area contributed by atoms with Gasteiger partial charge in [0, 0.05) is 5.57 Å². The topological polar surface area (TPSA) is 26.3 Å². The lowest BCUT2D eigenvalue weighted by Crippen LogP contribution is -2.43. The van der Waals surface area contributed by atoms with Crippen molar-refractivity contribution in [3.63, 3.8) is 0 Å². The van der Waals surface area contributed by atoms with Crippen molar-refractivity contribution in [2.75, 3.05) is 7.11 Å². The molecule has 0 amide bonds. The van der Waals surface area contributed by atoms with Crippen LogP contribution in [0.15, 0.2) is 11.6 Å². The van der Waals surface area contributed by atoms with Gasteiger partial charge in [0.05, 0.1) is 7.11 Å². The van der Waals surface area contributed by atoms with Crippen molar-refractivity contribution in [2.45, 2.75) is 25.7 Å². The molecule has 0 aromatic carbocycles. The second-order valence-corrected chi connectivity index (χ2v) is 6.03. The largest absolute Gasteiger partial charge is 0.466 e. The zero-order valence-electron chi connectivity index (χ0n) is 9.69. The van der Waals surface area contributed by atoms with Crippen LogP contribution in [0.3, 0.4) is 0 Å². The molecule has 0 spiro atoms. The third-order valence-corrected chi connectivity index (χ3v) is 5.83. The molecule has 5 aliphatic carbocycles. The number of esters is 1. The van der Waals surface area contributed by atoms with Crippen molar-refractivity contribution in [3.05, 3.63) is 11.6 Å². The van der Waals surface area contributed by atoms with Gasteiger partial charge in [0.1, 0.15) is 0 Å². The quantitative estimate of drug-likeness (QED) is 0.632. The summed E-state index contributed by atoms with van der Waals surface area (Å²) in [5, 5.41) is 0. The monoisotopic (exact) mass is 218 g/mol. The molecule has 3 fully saturated rings. The molecule has 5 aliphatic rings. The third-order valence-electron chi connectivity index (χ3n) is 5.83. The zero-order chi connectivity index (χ0) is 10.9. The first-order chi connectivity index (χ1) is 7.81. The maximum absolute atomic E-state index is 11.8. The predicted octanol–water partition coefficient (Wildman–Crippen LogP) is 2.40. The summed E-state index contributed by atoms with van der Waals surface area (Å²) in [4.78, 5) is 11.8. The van der Waals surface area contributed by atoms with Gasteiger partial charge in [-0.3, -0.25) is 0 Å². The van der Waals surface area contributed by atoms with E-state index in [9.17, 15) is 4.79 Å². The SMILES string of the molecule is COC(=O)C1=CC2C3CCC2C2CCC3C12. The van der Waals surface area contributed by atoms with Gasteiger partial charge in [-0.15, -0.1) is 0 Å². The van der Waals surface area contributed by atoms with Crippen LogP contribution in [0.25, 0.3) is 0 Å². The Morgan fingerprint density at radius 3 is 2.25 bits per heavy atom. The lowest BCUT2D eigenvalue weighted by molar-refractivity contribution is -0.138. The van der Waals surface area contributed by atoms with Crippen molar-refractivity contribution in [1.82, 2.24) is 0 Å². The first-order valence-corrected chi connectivity index (χ1v) is 6.61. The van der Waals surface area contributed by atoms with Crippen LogP contribution in [0.4, 0.5) is 0 Å². The van der Waals surface area contributed by atoms with E-state index in [-0.39, 0.29) is 5.97 Å². The number of rotatable bonds is 1. The molecule has 0 N–H and O–H groups in total. The van der Waals surface area contributed by atoms with Gasteiger partial charge in [-0.25, -0.2) is 4.79 Å². The molecule has 16 heavy (non-hydrogen) atoms. The smallest absolute Gasteiger partial charge is 0.333 e. The molecular formula is C14H18O2. The molecule has 0 radical (unpaired) electrons. The molecule has 2 heteroatoms. The van der Waals surface area contributed by atoms with Gasteiger partial charge < -0.3 is 4.74 Å². The van der Waals surface area contributed by atoms with Gasteiger partial charge in [-0.1, -0.05) is 6.08 Å². The van der Waals surface area contributed by atoms with E-state index in [1.165, 1.54) is 32.8 Å². The molecule has 5 rings (SSSR count). The number of hydrogen-bond acceptors (Lipinski definition) is 2. The van der Waals surface area contributed by atoms with Gasteiger partial charge in [0.2, 0.25) is 0 Å². The number of hydrogen-bond donors (Lipinski definition) is 0. The lowest BCUT2D eigenvalue weighted by Gasteiger charge is -2.46. The Balaban J connectivity index is 1.82. The van der Waals surface area contributed by atoms with E-state index in [0.717, 1.165) is 35.2 Å². The minimum Gasteiger partial charge on any atom is -0.466 e. The number of carbonyl (C=O) groups is 1. The van der Waals surface area contributed by atoms with Crippen molar-refractivity contribution < 1.29 is 9.53 Å². The van der Waals surface area contributed by atoms with Crippen LogP contribution in [0.1, 0.15) is 25.7 Å². The average Bonchev–Trinajstić information content (AvgIpc) is 2.82. The highest BCUT2D eigenvalue weighted by atomic mass is 16.5. The van der Waals surface area contributed by atoms with Gasteiger partial charge in [-0.05, 0) is 61.2 Å². The molecule has 0 heterocycles. The Labute approximate surface area is 96.0 Å². The second kappa shape index (κ2) is 2.91. The summed E-state index contributed by atoms with van der Waals surface area (Å²) in [5.41, 5.74) is 1.04. The van der Waals surface area contributed by atoms with E-state index in [2.05, 4.69) is 6.08 Å². The number of carbonyl (C=O) groups excluding carboxylic acids is 1. The normalized spacial score (nSPS) is 51.7. The Kier molecular flexibility index (Phi) is 1.68. The first-order valence-electron chi connectivity index (χ1n) is 6.61. The molecule has 0 aliphatic heterocycles. The molecule has 3 saturated carbocycles. The van der Waals surface area contributed by atoms with E-state index in [1.807, 2.05) is 0 Å². The molecule has 6 bridgehead atoms. The Hall–Kier alpha value is -0.790. The number of methoxy groups -OCH3 is 1. The first kappa shape index (κ1) is 9.26. The number of ether oxygens (including phenoxy) is 1. The van der Waals surface area contributed by atoms with Crippen LogP contribution in [-0.4, -0.2) is 13.1 Å². The van der Waals surface area contributed by atoms with Crippen LogP contribution in [0, 0.1) is 35.5 Å². The Bertz CT molecular complexity index is 364. The fourth-order valence-electron chi connectivity index (χ4n) is 5.46. The lowest BCUT2D eigenvalue weighted by atomic mass is 9.58. The van der Waals surface area contributed by atoms with Gasteiger partial charge in [0.15, 0.2) is 0 Å². The highest BCUT2D eigenvalue weighted by Crippen LogP contribution is 2.66. The molecule has 4 unspecified atom stereocenters. The van der Waals surface area contributed by atoms with Gasteiger partial charge in [0.25, 0.3) is 0 Å². The Morgan fingerprint density at radius 1 is 1.12 bits per heavy atom. The van der Waals surface area contributed by atoms with Crippen molar-refractivity contribution in [1.29, 1.82) is 0 Å². The molecular weight excluding hydrogens is 200 g/mol. The van der Waals surface area contributed by atoms with E-state index in [1.54, 1.807) is 0 Å². The van der Waals surface area contributed by atoms with E-state index in [0.29, 0.717) is 5.92 Å². The summed E-state index contributed by atoms with van der Waals surface area (Å²) in [6, 6.07) is 0. The van der Waals surface area contributed by atoms with Crippen LogP contribution in [0.2, 0.25) is 0 Å². The molecule has 86 valence electrons. The fraction of sp³-hybridized carbons (Fsp3) is 0.786. The summed E-state index contributed by atoms with van der Waals surface area (Å²) >= 11 is 0. The maximum atomic E-state index is 11.8. The minimum atomic E-state index is -0.0503. The summed E-state index contributed by atoms with van der Waals surface area (Å²) in [7, 11) is 1.52. The van der Waals surface area contributed by atoms with Crippen LogP contribution in [0.5, 0.6) is 0 Å². The van der Waals surface area contributed by atoms with Gasteiger partial charge >= 0.3 is 5.97 Å². The van der Waals surface area contributed by atoms with E-state index >= 15 is 0 Å². The maximum Gasteiger partial charge on any atom is 0.333 e. The third kappa shape index (κ3) is 0.884. The molecule has 0 aromatic rings. The van der Waals surface area contributed by atoms with E-state index < -0.39 is 0 Å². The van der Waals surface area contributed by atoms with Gasteiger partial charge in [-0.2, -0.15) is 0 Å². The van der Waals surface area contributed by atoms with Crippen LogP contribution < -0.4 is 0 Å². The van der Waals surface area contributed by atoms with Crippen LogP contribution >= 0.6 is 0 Å². The summed E-state index contributed by atoms with van der Waals surface area (Å²) in [6.45, 7) is 0. The van der Waals surface area contributed by atoms with E-state index in [4.69, 9.17) is 4.74 Å².